The molecule has 0 aliphatic carbocycles. The Morgan fingerprint density at radius 3 is 2.23 bits per heavy atom. The second-order valence-electron chi connectivity index (χ2n) is 7.91. The molecule has 2 heterocycles. The van der Waals surface area contributed by atoms with Crippen molar-refractivity contribution in [2.24, 2.45) is 0 Å². The van der Waals surface area contributed by atoms with E-state index in [1.54, 1.807) is 0 Å². The Morgan fingerprint density at radius 1 is 0.935 bits per heavy atom. The average Bonchev–Trinajstić information content (AvgIpc) is 3.24. The summed E-state index contributed by atoms with van der Waals surface area (Å²) in [6.45, 7) is 1.31. The van der Waals surface area contributed by atoms with Gasteiger partial charge in [0.25, 0.3) is 0 Å². The highest BCUT2D eigenvalue weighted by atomic mass is 35.5. The second kappa shape index (κ2) is 8.44. The van der Waals surface area contributed by atoms with Crippen molar-refractivity contribution < 1.29 is 4.79 Å². The molecule has 1 aliphatic heterocycles. The topological polar surface area (TPSA) is 36.1 Å². The van der Waals surface area contributed by atoms with Gasteiger partial charge in [-0.3, -0.25) is 4.79 Å². The number of halogens is 1. The summed E-state index contributed by atoms with van der Waals surface area (Å²) in [7, 11) is 0. The molecular weight excluding hydrogens is 404 g/mol. The van der Waals surface area contributed by atoms with E-state index in [1.807, 2.05) is 90.0 Å². The van der Waals surface area contributed by atoms with Crippen LogP contribution in [0.5, 0.6) is 0 Å². The molecule has 1 N–H and O–H groups in total. The number of aromatic amines is 1. The Hall–Kier alpha value is -3.30. The molecule has 4 aromatic rings. The zero-order valence-corrected chi connectivity index (χ0v) is 17.8. The normalized spacial score (nSPS) is 14.1. The minimum Gasteiger partial charge on any atom is -0.361 e. The number of carbonyl (C=O) groups excluding carboxylic acids is 1. The Bertz CT molecular complexity index is 1200. The molecule has 0 unspecified atom stereocenters. The van der Waals surface area contributed by atoms with Gasteiger partial charge in [0.05, 0.1) is 5.92 Å². The molecule has 31 heavy (non-hydrogen) atoms. The summed E-state index contributed by atoms with van der Waals surface area (Å²) in [5.41, 5.74) is 5.56. The number of aromatic nitrogens is 1. The molecule has 5 rings (SSSR count). The van der Waals surface area contributed by atoms with Crippen molar-refractivity contribution in [2.45, 2.75) is 12.3 Å². The van der Waals surface area contributed by atoms with Gasteiger partial charge in [-0.05, 0) is 41.3 Å². The van der Waals surface area contributed by atoms with Crippen molar-refractivity contribution in [3.8, 4) is 0 Å². The molecular formula is C27H23ClN2O. The van der Waals surface area contributed by atoms with Crippen LogP contribution in [0.2, 0.25) is 5.02 Å². The average molecular weight is 427 g/mol. The second-order valence-corrected chi connectivity index (χ2v) is 8.35. The van der Waals surface area contributed by atoms with Crippen LogP contribution in [0.3, 0.4) is 0 Å². The molecule has 0 saturated heterocycles. The van der Waals surface area contributed by atoms with Gasteiger partial charge >= 0.3 is 0 Å². The first kappa shape index (κ1) is 19.7. The van der Waals surface area contributed by atoms with Gasteiger partial charge < -0.3 is 9.88 Å². The highest BCUT2D eigenvalue weighted by Gasteiger charge is 2.28. The number of fused-ring (bicyclic) bond motifs is 1. The molecule has 0 spiro atoms. The predicted molar refractivity (Wildman–Crippen MR) is 127 cm³/mol. The highest BCUT2D eigenvalue weighted by molar-refractivity contribution is 6.31. The molecule has 1 aliphatic rings. The van der Waals surface area contributed by atoms with Gasteiger partial charge in [-0.15, -0.1) is 0 Å². The maximum absolute atomic E-state index is 13.6. The number of H-pyrrole nitrogens is 1. The smallest absolute Gasteiger partial charge is 0.234 e. The first-order valence-electron chi connectivity index (χ1n) is 10.6. The van der Waals surface area contributed by atoms with Crippen molar-refractivity contribution in [1.82, 2.24) is 9.88 Å². The number of nitrogens with zero attached hydrogens (tertiary/aromatic N) is 1. The zero-order chi connectivity index (χ0) is 21.2. The Balaban J connectivity index is 1.42. The van der Waals surface area contributed by atoms with E-state index in [-0.39, 0.29) is 11.8 Å². The summed E-state index contributed by atoms with van der Waals surface area (Å²) >= 11 is 6.22. The van der Waals surface area contributed by atoms with Crippen molar-refractivity contribution in [3.63, 3.8) is 0 Å². The number of benzene rings is 3. The van der Waals surface area contributed by atoms with E-state index >= 15 is 0 Å². The van der Waals surface area contributed by atoms with Crippen LogP contribution in [0.25, 0.3) is 16.5 Å². The monoisotopic (exact) mass is 426 g/mol. The quantitative estimate of drug-likeness (QED) is 0.410. The van der Waals surface area contributed by atoms with Gasteiger partial charge in [-0.2, -0.15) is 0 Å². The van der Waals surface area contributed by atoms with Crippen LogP contribution in [0.1, 0.15) is 29.0 Å². The zero-order valence-electron chi connectivity index (χ0n) is 17.1. The molecule has 0 bridgehead atoms. The van der Waals surface area contributed by atoms with Gasteiger partial charge in [0, 0.05) is 40.8 Å². The lowest BCUT2D eigenvalue weighted by Gasteiger charge is -2.30. The summed E-state index contributed by atoms with van der Waals surface area (Å²) in [6.07, 6.45) is 5.04. The predicted octanol–water partition coefficient (Wildman–Crippen LogP) is 6.27. The van der Waals surface area contributed by atoms with Crippen LogP contribution in [0, 0.1) is 0 Å². The van der Waals surface area contributed by atoms with Crippen LogP contribution < -0.4 is 0 Å². The van der Waals surface area contributed by atoms with Gasteiger partial charge in [0.1, 0.15) is 0 Å². The first-order chi connectivity index (χ1) is 15.2. The number of nitrogens with one attached hydrogen (secondary N) is 1. The van der Waals surface area contributed by atoms with Crippen LogP contribution in [-0.4, -0.2) is 28.9 Å². The van der Waals surface area contributed by atoms with E-state index in [9.17, 15) is 4.79 Å². The Labute approximate surface area is 187 Å². The molecule has 0 radical (unpaired) electrons. The van der Waals surface area contributed by atoms with Crippen molar-refractivity contribution in [1.29, 1.82) is 0 Å². The fraction of sp³-hybridized carbons (Fsp3) is 0.148. The maximum Gasteiger partial charge on any atom is 0.234 e. The van der Waals surface area contributed by atoms with E-state index in [0.717, 1.165) is 33.5 Å². The minimum absolute atomic E-state index is 0.148. The van der Waals surface area contributed by atoms with E-state index in [2.05, 4.69) is 11.1 Å². The standard InChI is InChI=1S/C27H23ClN2O/c28-22-11-12-25-23(17-22)24(18-29-25)19-13-15-30(16-14-19)27(31)26(20-7-3-1-4-8-20)21-9-5-2-6-10-21/h1-13,17-18,26,29H,14-16H2. The van der Waals surface area contributed by atoms with Crippen LogP contribution in [0.4, 0.5) is 0 Å². The molecule has 4 heteroatoms. The van der Waals surface area contributed by atoms with E-state index in [4.69, 9.17) is 11.6 Å². The third kappa shape index (κ3) is 3.89. The number of hydrogen-bond acceptors (Lipinski definition) is 1. The van der Waals surface area contributed by atoms with Crippen molar-refractivity contribution in [2.75, 3.05) is 13.1 Å². The van der Waals surface area contributed by atoms with Crippen molar-refractivity contribution >= 4 is 34.0 Å². The molecule has 3 nitrogen and oxygen atoms in total. The molecule has 0 saturated carbocycles. The summed E-state index contributed by atoms with van der Waals surface area (Å²) in [4.78, 5) is 18.9. The molecule has 1 amide bonds. The van der Waals surface area contributed by atoms with Gasteiger partial charge in [0.15, 0.2) is 0 Å². The fourth-order valence-corrected chi connectivity index (χ4v) is 4.60. The summed E-state index contributed by atoms with van der Waals surface area (Å²) < 4.78 is 0. The summed E-state index contributed by atoms with van der Waals surface area (Å²) in [5, 5.41) is 1.86. The first-order valence-corrected chi connectivity index (χ1v) is 10.9. The van der Waals surface area contributed by atoms with Gasteiger partial charge in [-0.1, -0.05) is 78.3 Å². The summed E-state index contributed by atoms with van der Waals surface area (Å²) in [5.74, 6) is -0.140. The van der Waals surface area contributed by atoms with Crippen molar-refractivity contribution in [3.05, 3.63) is 113 Å². The molecule has 1 aromatic heterocycles. The number of rotatable bonds is 4. The van der Waals surface area contributed by atoms with E-state index < -0.39 is 0 Å². The minimum atomic E-state index is -0.288. The van der Waals surface area contributed by atoms with E-state index in [0.29, 0.717) is 13.1 Å². The van der Waals surface area contributed by atoms with E-state index in [1.165, 1.54) is 11.1 Å². The third-order valence-corrected chi connectivity index (χ3v) is 6.26. The fourth-order valence-electron chi connectivity index (χ4n) is 4.42. The lowest BCUT2D eigenvalue weighted by atomic mass is 9.89. The third-order valence-electron chi connectivity index (χ3n) is 6.02. The molecule has 0 fully saturated rings. The van der Waals surface area contributed by atoms with Crippen LogP contribution >= 0.6 is 11.6 Å². The summed E-state index contributed by atoms with van der Waals surface area (Å²) in [6, 6.07) is 26.0. The number of amides is 1. The maximum atomic E-state index is 13.6. The number of hydrogen-bond donors (Lipinski definition) is 1. The molecule has 3 aromatic carbocycles. The molecule has 0 atom stereocenters. The van der Waals surface area contributed by atoms with Crippen LogP contribution in [-0.2, 0) is 4.79 Å². The lowest BCUT2D eigenvalue weighted by molar-refractivity contribution is -0.131. The number of carbonyl (C=O) groups is 1. The van der Waals surface area contributed by atoms with Crippen LogP contribution in [0.15, 0.2) is 91.1 Å². The highest BCUT2D eigenvalue weighted by Crippen LogP contribution is 2.33. The lowest BCUT2D eigenvalue weighted by Crippen LogP contribution is -2.38. The largest absolute Gasteiger partial charge is 0.361 e. The Kier molecular flexibility index (Phi) is 5.35. The SMILES string of the molecule is O=C(C(c1ccccc1)c1ccccc1)N1CC=C(c2c[nH]c3ccc(Cl)cc23)CC1. The molecule has 154 valence electrons. The Morgan fingerprint density at radius 2 is 1.61 bits per heavy atom. The van der Waals surface area contributed by atoms with Gasteiger partial charge in [-0.25, -0.2) is 0 Å². The van der Waals surface area contributed by atoms with Gasteiger partial charge in [0.2, 0.25) is 5.91 Å².